The minimum Gasteiger partial charge on any atom is -0.314 e. The predicted molar refractivity (Wildman–Crippen MR) is 84.5 cm³/mol. The molecule has 1 unspecified atom stereocenters. The van der Waals surface area contributed by atoms with Crippen molar-refractivity contribution < 1.29 is 22.0 Å². The summed E-state index contributed by atoms with van der Waals surface area (Å²) in [5.74, 6) is -1.74. The summed E-state index contributed by atoms with van der Waals surface area (Å²) in [6.45, 7) is 0.135. The van der Waals surface area contributed by atoms with E-state index in [4.69, 9.17) is 0 Å². The molecule has 2 aliphatic carbocycles. The van der Waals surface area contributed by atoms with E-state index in [9.17, 15) is 22.0 Å². The zero-order chi connectivity index (χ0) is 18.5. The molecule has 3 aliphatic rings. The highest BCUT2D eigenvalue weighted by molar-refractivity contribution is 5.37. The number of hydrogen-bond acceptors (Lipinski definition) is 2. The van der Waals surface area contributed by atoms with E-state index in [1.807, 2.05) is 0 Å². The van der Waals surface area contributed by atoms with E-state index in [1.165, 1.54) is 16.7 Å². The molecule has 1 saturated carbocycles. The van der Waals surface area contributed by atoms with Crippen molar-refractivity contribution in [2.45, 2.75) is 56.7 Å². The smallest absolute Gasteiger partial charge is 0.314 e. The second kappa shape index (κ2) is 6.03. The Morgan fingerprint density at radius 2 is 1.92 bits per heavy atom. The maximum atomic E-state index is 14.4. The van der Waals surface area contributed by atoms with Gasteiger partial charge in [-0.05, 0) is 31.3 Å². The number of alkyl halides is 3. The van der Waals surface area contributed by atoms with Gasteiger partial charge in [-0.3, -0.25) is 0 Å². The van der Waals surface area contributed by atoms with E-state index in [1.54, 1.807) is 6.08 Å². The van der Waals surface area contributed by atoms with Crippen LogP contribution in [-0.4, -0.2) is 20.9 Å². The summed E-state index contributed by atoms with van der Waals surface area (Å²) in [5, 5.41) is 7.82. The van der Waals surface area contributed by atoms with Crippen molar-refractivity contribution >= 4 is 0 Å². The number of aromatic nitrogens is 3. The third-order valence-corrected chi connectivity index (χ3v) is 5.54. The van der Waals surface area contributed by atoms with Gasteiger partial charge >= 0.3 is 6.18 Å². The molecule has 3 nitrogen and oxygen atoms in total. The molecule has 26 heavy (non-hydrogen) atoms. The van der Waals surface area contributed by atoms with Gasteiger partial charge in [0.05, 0.1) is 0 Å². The number of aryl methyl sites for hydroxylation is 1. The van der Waals surface area contributed by atoms with E-state index in [-0.39, 0.29) is 37.2 Å². The molecule has 0 N–H and O–H groups in total. The molecule has 0 bridgehead atoms. The highest BCUT2D eigenvalue weighted by Crippen LogP contribution is 2.58. The standard InChI is InChI=1S/C18H18F5N3/c19-13-6-2-1-5-12(15(13)20)11-4-3-7-14-24-25-16(26(14)10-11)17(8-9-17)18(21,22)23/h1-2,5,11H,3-4,6-10H2. The molecule has 4 rings (SSSR count). The Kier molecular flexibility index (Phi) is 4.04. The van der Waals surface area contributed by atoms with Crippen LogP contribution in [-0.2, 0) is 18.4 Å². The van der Waals surface area contributed by atoms with Crippen LogP contribution in [0.25, 0.3) is 0 Å². The Balaban J connectivity index is 1.72. The van der Waals surface area contributed by atoms with Crippen molar-refractivity contribution in [1.82, 2.24) is 14.8 Å². The average Bonchev–Trinajstić information content (AvgIpc) is 3.36. The van der Waals surface area contributed by atoms with Crippen molar-refractivity contribution in [2.75, 3.05) is 0 Å². The number of rotatable bonds is 2. The molecule has 1 fully saturated rings. The number of nitrogens with zero attached hydrogens (tertiary/aromatic N) is 3. The first kappa shape index (κ1) is 17.4. The molecule has 1 aromatic rings. The van der Waals surface area contributed by atoms with Gasteiger partial charge in [-0.25, -0.2) is 8.78 Å². The van der Waals surface area contributed by atoms with Crippen LogP contribution >= 0.6 is 0 Å². The zero-order valence-corrected chi connectivity index (χ0v) is 14.0. The van der Waals surface area contributed by atoms with Crippen molar-refractivity contribution in [2.24, 2.45) is 5.92 Å². The second-order valence-electron chi connectivity index (χ2n) is 7.19. The van der Waals surface area contributed by atoms with Crippen LogP contribution in [0.1, 0.15) is 43.8 Å². The van der Waals surface area contributed by atoms with E-state index >= 15 is 0 Å². The average molecular weight is 371 g/mol. The van der Waals surface area contributed by atoms with Gasteiger partial charge < -0.3 is 4.57 Å². The Morgan fingerprint density at radius 3 is 2.62 bits per heavy atom. The Hall–Kier alpha value is -1.99. The molecule has 0 aromatic carbocycles. The van der Waals surface area contributed by atoms with E-state index in [2.05, 4.69) is 10.2 Å². The lowest BCUT2D eigenvalue weighted by Gasteiger charge is -2.23. The topological polar surface area (TPSA) is 30.7 Å². The number of fused-ring (bicyclic) bond motifs is 1. The molecule has 8 heteroatoms. The van der Waals surface area contributed by atoms with E-state index in [0.29, 0.717) is 25.1 Å². The summed E-state index contributed by atoms with van der Waals surface area (Å²) < 4.78 is 70.4. The lowest BCUT2D eigenvalue weighted by Crippen LogP contribution is -2.32. The van der Waals surface area contributed by atoms with Crippen molar-refractivity contribution in [3.63, 3.8) is 0 Å². The molecule has 1 atom stereocenters. The fourth-order valence-electron chi connectivity index (χ4n) is 3.87. The third kappa shape index (κ3) is 2.70. The Labute approximate surface area is 147 Å². The highest BCUT2D eigenvalue weighted by atomic mass is 19.4. The minimum atomic E-state index is -4.39. The van der Waals surface area contributed by atoms with Gasteiger partial charge in [-0.15, -0.1) is 10.2 Å². The normalized spacial score (nSPS) is 25.4. The third-order valence-electron chi connectivity index (χ3n) is 5.54. The maximum Gasteiger partial charge on any atom is 0.401 e. The molecule has 0 spiro atoms. The fraction of sp³-hybridized carbons (Fsp3) is 0.556. The lowest BCUT2D eigenvalue weighted by atomic mass is 9.92. The highest BCUT2D eigenvalue weighted by Gasteiger charge is 2.67. The minimum absolute atomic E-state index is 0.00632. The molecule has 2 heterocycles. The SMILES string of the molecule is FC1=C(F)C(C2CCCc3nnc(C4(C(F)(F)F)CC4)n3C2)=CC=CC1. The first-order valence-electron chi connectivity index (χ1n) is 8.74. The van der Waals surface area contributed by atoms with Gasteiger partial charge in [0, 0.05) is 25.3 Å². The Bertz CT molecular complexity index is 811. The quantitative estimate of drug-likeness (QED) is 0.695. The summed E-state index contributed by atoms with van der Waals surface area (Å²) in [4.78, 5) is 0. The number of allylic oxidation sites excluding steroid dienone is 6. The van der Waals surface area contributed by atoms with Crippen LogP contribution in [0.3, 0.4) is 0 Å². The zero-order valence-electron chi connectivity index (χ0n) is 14.0. The van der Waals surface area contributed by atoms with E-state index < -0.39 is 29.2 Å². The first-order valence-corrected chi connectivity index (χ1v) is 8.74. The molecular formula is C18H18F5N3. The van der Waals surface area contributed by atoms with Crippen LogP contribution in [0.2, 0.25) is 0 Å². The molecule has 140 valence electrons. The molecule has 0 amide bonds. The summed E-state index contributed by atoms with van der Waals surface area (Å²) in [7, 11) is 0. The summed E-state index contributed by atoms with van der Waals surface area (Å²) in [5.41, 5.74) is -1.73. The Morgan fingerprint density at radius 1 is 1.15 bits per heavy atom. The molecular weight excluding hydrogens is 353 g/mol. The molecule has 0 radical (unpaired) electrons. The van der Waals surface area contributed by atoms with Crippen molar-refractivity contribution in [3.8, 4) is 0 Å². The maximum absolute atomic E-state index is 14.4. The van der Waals surface area contributed by atoms with Gasteiger partial charge in [0.25, 0.3) is 0 Å². The largest absolute Gasteiger partial charge is 0.401 e. The van der Waals surface area contributed by atoms with Crippen LogP contribution in [0, 0.1) is 5.92 Å². The number of halogens is 5. The van der Waals surface area contributed by atoms with Crippen LogP contribution in [0.4, 0.5) is 22.0 Å². The van der Waals surface area contributed by atoms with Crippen LogP contribution in [0.15, 0.2) is 35.5 Å². The fourth-order valence-corrected chi connectivity index (χ4v) is 3.87. The summed E-state index contributed by atoms with van der Waals surface area (Å²) in [6.07, 6.45) is 1.81. The van der Waals surface area contributed by atoms with E-state index in [0.717, 1.165) is 0 Å². The van der Waals surface area contributed by atoms with Gasteiger partial charge in [0.2, 0.25) is 0 Å². The van der Waals surface area contributed by atoms with Crippen molar-refractivity contribution in [1.29, 1.82) is 0 Å². The molecule has 1 aromatic heterocycles. The van der Waals surface area contributed by atoms with Gasteiger partial charge in [0.1, 0.15) is 22.9 Å². The van der Waals surface area contributed by atoms with Gasteiger partial charge in [0.15, 0.2) is 5.83 Å². The lowest BCUT2D eigenvalue weighted by molar-refractivity contribution is -0.163. The summed E-state index contributed by atoms with van der Waals surface area (Å²) in [6, 6.07) is 0. The predicted octanol–water partition coefficient (Wildman–Crippen LogP) is 4.86. The van der Waals surface area contributed by atoms with Crippen LogP contribution in [0.5, 0.6) is 0 Å². The van der Waals surface area contributed by atoms with Gasteiger partial charge in [-0.1, -0.05) is 18.2 Å². The number of hydrogen-bond donors (Lipinski definition) is 0. The monoisotopic (exact) mass is 371 g/mol. The van der Waals surface area contributed by atoms with Crippen LogP contribution < -0.4 is 0 Å². The molecule has 0 saturated heterocycles. The molecule has 1 aliphatic heterocycles. The van der Waals surface area contributed by atoms with Crippen molar-refractivity contribution in [3.05, 3.63) is 47.1 Å². The second-order valence-corrected chi connectivity index (χ2v) is 7.19. The summed E-state index contributed by atoms with van der Waals surface area (Å²) >= 11 is 0. The first-order chi connectivity index (χ1) is 12.3. The van der Waals surface area contributed by atoms with Gasteiger partial charge in [-0.2, -0.15) is 13.2 Å².